The van der Waals surface area contributed by atoms with Crippen LogP contribution < -0.4 is 16.8 Å². The fourth-order valence-electron chi connectivity index (χ4n) is 1.69. The normalized spacial score (nSPS) is 10.3. The predicted molar refractivity (Wildman–Crippen MR) is 78.8 cm³/mol. The van der Waals surface area contributed by atoms with Gasteiger partial charge in [-0.1, -0.05) is 23.7 Å². The van der Waals surface area contributed by atoms with Gasteiger partial charge in [0.2, 0.25) is 0 Å². The molecule has 18 heavy (non-hydrogen) atoms. The first-order chi connectivity index (χ1) is 8.56. The maximum Gasteiger partial charge on any atom is 0.0591 e. The summed E-state index contributed by atoms with van der Waals surface area (Å²) in [5.41, 5.74) is 16.0. The van der Waals surface area contributed by atoms with Crippen LogP contribution in [0.3, 0.4) is 0 Å². The lowest BCUT2D eigenvalue weighted by Crippen LogP contribution is -2.03. The molecule has 0 heterocycles. The van der Waals surface area contributed by atoms with E-state index >= 15 is 0 Å². The highest BCUT2D eigenvalue weighted by atomic mass is 35.5. The molecular weight excluding hydrogens is 246 g/mol. The monoisotopic (exact) mass is 261 g/mol. The molecule has 0 fully saturated rings. The van der Waals surface area contributed by atoms with Crippen molar-refractivity contribution in [3.8, 4) is 0 Å². The van der Waals surface area contributed by atoms with Crippen LogP contribution in [0.2, 0.25) is 5.02 Å². The third kappa shape index (κ3) is 2.87. The van der Waals surface area contributed by atoms with E-state index in [-0.39, 0.29) is 0 Å². The maximum absolute atomic E-state index is 6.08. The van der Waals surface area contributed by atoms with Crippen LogP contribution in [0.25, 0.3) is 0 Å². The molecule has 0 aliphatic carbocycles. The Morgan fingerprint density at radius 2 is 1.78 bits per heavy atom. The third-order valence-corrected chi connectivity index (χ3v) is 3.20. The van der Waals surface area contributed by atoms with Crippen LogP contribution in [-0.2, 0) is 6.54 Å². The standard InChI is InChI=1S/C14H16ClN3/c1-9-6-13(17)14(7-12(9)15)18-8-10-2-4-11(16)5-3-10/h2-7,18H,8,16-17H2,1H3. The molecule has 3 nitrogen and oxygen atoms in total. The Kier molecular flexibility index (Phi) is 3.63. The molecule has 94 valence electrons. The molecule has 0 unspecified atom stereocenters. The molecule has 0 aliphatic heterocycles. The minimum absolute atomic E-state index is 0.684. The van der Waals surface area contributed by atoms with Crippen molar-refractivity contribution in [1.29, 1.82) is 0 Å². The van der Waals surface area contributed by atoms with Crippen molar-refractivity contribution in [3.63, 3.8) is 0 Å². The number of hydrogen-bond donors (Lipinski definition) is 3. The van der Waals surface area contributed by atoms with E-state index < -0.39 is 0 Å². The van der Waals surface area contributed by atoms with Crippen molar-refractivity contribution in [2.75, 3.05) is 16.8 Å². The summed E-state index contributed by atoms with van der Waals surface area (Å²) in [5.74, 6) is 0. The lowest BCUT2D eigenvalue weighted by Gasteiger charge is -2.11. The van der Waals surface area contributed by atoms with Gasteiger partial charge in [-0.3, -0.25) is 0 Å². The van der Waals surface area contributed by atoms with E-state index in [1.54, 1.807) is 0 Å². The number of anilines is 3. The third-order valence-electron chi connectivity index (χ3n) is 2.79. The zero-order chi connectivity index (χ0) is 13.1. The molecule has 4 heteroatoms. The molecule has 0 aliphatic rings. The van der Waals surface area contributed by atoms with Gasteiger partial charge >= 0.3 is 0 Å². The van der Waals surface area contributed by atoms with Crippen LogP contribution >= 0.6 is 11.6 Å². The number of nitrogens with two attached hydrogens (primary N) is 2. The van der Waals surface area contributed by atoms with Gasteiger partial charge in [-0.05, 0) is 42.3 Å². The summed E-state index contributed by atoms with van der Waals surface area (Å²) in [6.07, 6.45) is 0. The van der Waals surface area contributed by atoms with E-state index in [1.165, 1.54) is 0 Å². The number of nitrogen functional groups attached to an aromatic ring is 2. The van der Waals surface area contributed by atoms with E-state index in [4.69, 9.17) is 23.1 Å². The van der Waals surface area contributed by atoms with Crippen molar-refractivity contribution in [2.24, 2.45) is 0 Å². The maximum atomic E-state index is 6.08. The second-order valence-corrected chi connectivity index (χ2v) is 4.69. The molecule has 0 saturated heterocycles. The second kappa shape index (κ2) is 5.19. The topological polar surface area (TPSA) is 64.1 Å². The Labute approximate surface area is 112 Å². The Bertz CT molecular complexity index is 550. The molecule has 0 saturated carbocycles. The first-order valence-electron chi connectivity index (χ1n) is 5.70. The number of halogens is 1. The van der Waals surface area contributed by atoms with Crippen molar-refractivity contribution in [3.05, 3.63) is 52.5 Å². The zero-order valence-electron chi connectivity index (χ0n) is 10.2. The lowest BCUT2D eigenvalue weighted by atomic mass is 10.1. The predicted octanol–water partition coefficient (Wildman–Crippen LogP) is 3.42. The first kappa shape index (κ1) is 12.6. The zero-order valence-corrected chi connectivity index (χ0v) is 11.0. The van der Waals surface area contributed by atoms with Crippen LogP contribution in [-0.4, -0.2) is 0 Å². The highest BCUT2D eigenvalue weighted by Gasteiger charge is 2.03. The highest BCUT2D eigenvalue weighted by molar-refractivity contribution is 6.31. The average molecular weight is 262 g/mol. The molecule has 2 rings (SSSR count). The van der Waals surface area contributed by atoms with Gasteiger partial charge in [0.15, 0.2) is 0 Å². The molecule has 0 bridgehead atoms. The number of aryl methyl sites for hydroxylation is 1. The second-order valence-electron chi connectivity index (χ2n) is 4.28. The highest BCUT2D eigenvalue weighted by Crippen LogP contribution is 2.27. The Hall–Kier alpha value is -1.87. The summed E-state index contributed by atoms with van der Waals surface area (Å²) in [6.45, 7) is 2.62. The fraction of sp³-hybridized carbons (Fsp3) is 0.143. The molecule has 0 amide bonds. The fourth-order valence-corrected chi connectivity index (χ4v) is 1.85. The van der Waals surface area contributed by atoms with Gasteiger partial charge in [-0.25, -0.2) is 0 Å². The summed E-state index contributed by atoms with van der Waals surface area (Å²) in [6, 6.07) is 11.4. The summed E-state index contributed by atoms with van der Waals surface area (Å²) in [7, 11) is 0. The van der Waals surface area contributed by atoms with Crippen molar-refractivity contribution in [2.45, 2.75) is 13.5 Å². The number of hydrogen-bond acceptors (Lipinski definition) is 3. The summed E-state index contributed by atoms with van der Waals surface area (Å²) in [5, 5.41) is 3.98. The summed E-state index contributed by atoms with van der Waals surface area (Å²) >= 11 is 6.08. The first-order valence-corrected chi connectivity index (χ1v) is 6.08. The lowest BCUT2D eigenvalue weighted by molar-refractivity contribution is 1.15. The SMILES string of the molecule is Cc1cc(N)c(NCc2ccc(N)cc2)cc1Cl. The summed E-state index contributed by atoms with van der Waals surface area (Å²) < 4.78 is 0. The molecule has 0 radical (unpaired) electrons. The molecule has 2 aromatic carbocycles. The van der Waals surface area contributed by atoms with Gasteiger partial charge in [-0.2, -0.15) is 0 Å². The van der Waals surface area contributed by atoms with Crippen LogP contribution in [0.5, 0.6) is 0 Å². The number of nitrogens with one attached hydrogen (secondary N) is 1. The minimum atomic E-state index is 0.684. The van der Waals surface area contributed by atoms with Crippen LogP contribution in [0.4, 0.5) is 17.1 Å². The van der Waals surface area contributed by atoms with E-state index in [9.17, 15) is 0 Å². The largest absolute Gasteiger partial charge is 0.399 e. The van der Waals surface area contributed by atoms with Gasteiger partial charge in [-0.15, -0.1) is 0 Å². The quantitative estimate of drug-likeness (QED) is 0.742. The molecule has 0 atom stereocenters. The van der Waals surface area contributed by atoms with Gasteiger partial charge in [0.05, 0.1) is 11.4 Å². The van der Waals surface area contributed by atoms with Gasteiger partial charge in [0.25, 0.3) is 0 Å². The molecule has 2 aromatic rings. The van der Waals surface area contributed by atoms with Gasteiger partial charge in [0.1, 0.15) is 0 Å². The molecule has 0 aromatic heterocycles. The van der Waals surface area contributed by atoms with E-state index in [0.29, 0.717) is 17.3 Å². The van der Waals surface area contributed by atoms with E-state index in [2.05, 4.69) is 5.32 Å². The number of rotatable bonds is 3. The van der Waals surface area contributed by atoms with E-state index in [0.717, 1.165) is 22.5 Å². The smallest absolute Gasteiger partial charge is 0.0591 e. The molecule has 0 spiro atoms. The van der Waals surface area contributed by atoms with E-state index in [1.807, 2.05) is 43.3 Å². The summed E-state index contributed by atoms with van der Waals surface area (Å²) in [4.78, 5) is 0. The molecule has 5 N–H and O–H groups in total. The minimum Gasteiger partial charge on any atom is -0.399 e. The van der Waals surface area contributed by atoms with Crippen LogP contribution in [0.1, 0.15) is 11.1 Å². The Balaban J connectivity index is 2.10. The average Bonchev–Trinajstić information content (AvgIpc) is 2.34. The van der Waals surface area contributed by atoms with Crippen molar-refractivity contribution in [1.82, 2.24) is 0 Å². The van der Waals surface area contributed by atoms with Crippen molar-refractivity contribution < 1.29 is 0 Å². The van der Waals surface area contributed by atoms with Crippen molar-refractivity contribution >= 4 is 28.7 Å². The number of benzene rings is 2. The van der Waals surface area contributed by atoms with Gasteiger partial charge < -0.3 is 16.8 Å². The Morgan fingerprint density at radius 1 is 1.11 bits per heavy atom. The van der Waals surface area contributed by atoms with Crippen LogP contribution in [0.15, 0.2) is 36.4 Å². The molecular formula is C14H16ClN3. The van der Waals surface area contributed by atoms with Gasteiger partial charge in [0, 0.05) is 17.3 Å². The van der Waals surface area contributed by atoms with Crippen LogP contribution in [0, 0.1) is 6.92 Å². The Morgan fingerprint density at radius 3 is 2.44 bits per heavy atom.